The van der Waals surface area contributed by atoms with Crippen LogP contribution in [-0.4, -0.2) is 48.3 Å². The first-order valence-corrected chi connectivity index (χ1v) is 5.32. The summed E-state index contributed by atoms with van der Waals surface area (Å²) in [6.07, 6.45) is 0. The van der Waals surface area contributed by atoms with Crippen molar-refractivity contribution in [1.82, 2.24) is 15.0 Å². The molecule has 1 aromatic rings. The number of anilines is 3. The van der Waals surface area contributed by atoms with E-state index in [1.54, 1.807) is 12.0 Å². The van der Waals surface area contributed by atoms with Gasteiger partial charge in [0.25, 0.3) is 0 Å². The highest BCUT2D eigenvalue weighted by Crippen LogP contribution is 2.12. The molecule has 3 N–H and O–H groups in total. The van der Waals surface area contributed by atoms with Crippen molar-refractivity contribution in [2.75, 3.05) is 43.7 Å². The maximum absolute atomic E-state index is 5.61. The fraction of sp³-hybridized carbons (Fsp3) is 0.700. The number of ether oxygens (including phenoxy) is 1. The zero-order chi connectivity index (χ0) is 13.1. The van der Waals surface area contributed by atoms with Crippen molar-refractivity contribution in [3.05, 3.63) is 0 Å². The van der Waals surface area contributed by atoms with Gasteiger partial charge in [-0.15, -0.1) is 0 Å². The van der Waals surface area contributed by atoms with E-state index < -0.39 is 0 Å². The summed E-state index contributed by atoms with van der Waals surface area (Å²) in [6, 6.07) is 0. The van der Waals surface area contributed by atoms with E-state index in [1.807, 2.05) is 27.9 Å². The molecule has 1 heterocycles. The molecule has 0 unspecified atom stereocenters. The van der Waals surface area contributed by atoms with Gasteiger partial charge < -0.3 is 20.7 Å². The van der Waals surface area contributed by atoms with Gasteiger partial charge in [-0.1, -0.05) is 0 Å². The third-order valence-corrected chi connectivity index (χ3v) is 2.27. The first-order valence-electron chi connectivity index (χ1n) is 5.32. The average Bonchev–Trinajstić information content (AvgIpc) is 2.26. The Morgan fingerprint density at radius 1 is 1.29 bits per heavy atom. The molecular formula is C10H20N6O. The van der Waals surface area contributed by atoms with Crippen LogP contribution in [0.15, 0.2) is 0 Å². The summed E-state index contributed by atoms with van der Waals surface area (Å²) < 4.78 is 5.29. The molecule has 0 spiro atoms. The molecule has 0 saturated heterocycles. The van der Waals surface area contributed by atoms with Crippen molar-refractivity contribution in [3.8, 4) is 0 Å². The van der Waals surface area contributed by atoms with Crippen LogP contribution in [-0.2, 0) is 4.74 Å². The fourth-order valence-corrected chi connectivity index (χ4v) is 1.02. The Morgan fingerprint density at radius 3 is 2.47 bits per heavy atom. The molecule has 1 aromatic heterocycles. The lowest BCUT2D eigenvalue weighted by atomic mass is 10.1. The van der Waals surface area contributed by atoms with Crippen LogP contribution in [0.2, 0.25) is 0 Å². The third-order valence-electron chi connectivity index (χ3n) is 2.27. The van der Waals surface area contributed by atoms with E-state index in [-0.39, 0.29) is 11.5 Å². The maximum Gasteiger partial charge on any atom is 0.231 e. The number of nitrogen functional groups attached to an aromatic ring is 1. The molecule has 0 fully saturated rings. The van der Waals surface area contributed by atoms with Gasteiger partial charge in [0.05, 0.1) is 5.60 Å². The lowest BCUT2D eigenvalue weighted by Gasteiger charge is -2.23. The molecule has 0 atom stereocenters. The monoisotopic (exact) mass is 240 g/mol. The minimum atomic E-state index is -0.292. The Hall–Kier alpha value is -1.63. The number of nitrogens with zero attached hydrogens (tertiary/aromatic N) is 4. The molecule has 0 aliphatic heterocycles. The highest BCUT2D eigenvalue weighted by atomic mass is 16.5. The van der Waals surface area contributed by atoms with Gasteiger partial charge in [-0.05, 0) is 13.8 Å². The number of nitrogens with one attached hydrogen (secondary N) is 1. The smallest absolute Gasteiger partial charge is 0.231 e. The van der Waals surface area contributed by atoms with E-state index >= 15 is 0 Å². The van der Waals surface area contributed by atoms with Gasteiger partial charge in [-0.3, -0.25) is 0 Å². The Labute approximate surface area is 101 Å². The zero-order valence-electron chi connectivity index (χ0n) is 11.0. The lowest BCUT2D eigenvalue weighted by molar-refractivity contribution is 0.0342. The van der Waals surface area contributed by atoms with Gasteiger partial charge in [0, 0.05) is 27.7 Å². The minimum absolute atomic E-state index is 0.196. The number of hydrogen-bond acceptors (Lipinski definition) is 7. The lowest BCUT2D eigenvalue weighted by Crippen LogP contribution is -2.32. The molecule has 0 aromatic carbocycles. The van der Waals surface area contributed by atoms with Crippen LogP contribution in [0.5, 0.6) is 0 Å². The summed E-state index contributed by atoms with van der Waals surface area (Å²) >= 11 is 0. The molecule has 0 radical (unpaired) electrons. The van der Waals surface area contributed by atoms with Gasteiger partial charge in [-0.2, -0.15) is 15.0 Å². The SMILES string of the molecule is COC(C)(C)CNc1nc(N)nc(N(C)C)n1. The molecule has 0 aliphatic carbocycles. The second-order valence-corrected chi connectivity index (χ2v) is 4.53. The number of methoxy groups -OCH3 is 1. The summed E-state index contributed by atoms with van der Waals surface area (Å²) in [5.74, 6) is 1.17. The van der Waals surface area contributed by atoms with Crippen LogP contribution in [0.25, 0.3) is 0 Å². The molecule has 1 rings (SSSR count). The average molecular weight is 240 g/mol. The second kappa shape index (κ2) is 5.13. The third kappa shape index (κ3) is 4.03. The van der Waals surface area contributed by atoms with E-state index in [1.165, 1.54) is 0 Å². The summed E-state index contributed by atoms with van der Waals surface area (Å²) in [7, 11) is 5.35. The van der Waals surface area contributed by atoms with Crippen LogP contribution in [0.1, 0.15) is 13.8 Å². The minimum Gasteiger partial charge on any atom is -0.377 e. The number of aromatic nitrogens is 3. The van der Waals surface area contributed by atoms with Gasteiger partial charge in [0.2, 0.25) is 17.8 Å². The Kier molecular flexibility index (Phi) is 4.06. The van der Waals surface area contributed by atoms with Crippen molar-refractivity contribution < 1.29 is 4.74 Å². The Balaban J connectivity index is 2.78. The molecule has 7 heteroatoms. The van der Waals surface area contributed by atoms with Gasteiger partial charge in [0.1, 0.15) is 0 Å². The molecule has 0 bridgehead atoms. The van der Waals surface area contributed by atoms with Crippen LogP contribution in [0.4, 0.5) is 17.8 Å². The fourth-order valence-electron chi connectivity index (χ4n) is 1.02. The topological polar surface area (TPSA) is 89.2 Å². The van der Waals surface area contributed by atoms with E-state index in [2.05, 4.69) is 20.3 Å². The molecular weight excluding hydrogens is 220 g/mol. The first-order chi connectivity index (χ1) is 7.84. The zero-order valence-corrected chi connectivity index (χ0v) is 11.0. The summed E-state index contributed by atoms with van der Waals surface area (Å²) in [5, 5.41) is 3.08. The normalized spacial score (nSPS) is 11.4. The highest BCUT2D eigenvalue weighted by Gasteiger charge is 2.17. The van der Waals surface area contributed by atoms with Crippen molar-refractivity contribution in [2.24, 2.45) is 0 Å². The first kappa shape index (κ1) is 13.4. The predicted octanol–water partition coefficient (Wildman–Crippen LogP) is 0.357. The van der Waals surface area contributed by atoms with Gasteiger partial charge in [0.15, 0.2) is 0 Å². The number of hydrogen-bond donors (Lipinski definition) is 2. The van der Waals surface area contributed by atoms with E-state index in [0.717, 1.165) is 0 Å². The maximum atomic E-state index is 5.61. The van der Waals surface area contributed by atoms with Crippen LogP contribution in [0, 0.1) is 0 Å². The number of nitrogens with two attached hydrogens (primary N) is 1. The van der Waals surface area contributed by atoms with Crippen LogP contribution >= 0.6 is 0 Å². The van der Waals surface area contributed by atoms with Crippen LogP contribution < -0.4 is 16.0 Å². The van der Waals surface area contributed by atoms with Crippen molar-refractivity contribution in [2.45, 2.75) is 19.4 Å². The van der Waals surface area contributed by atoms with Crippen molar-refractivity contribution in [1.29, 1.82) is 0 Å². The molecule has 17 heavy (non-hydrogen) atoms. The standard InChI is InChI=1S/C10H20N6O/c1-10(2,17-5)6-12-8-13-7(11)14-9(15-8)16(3)4/h6H2,1-5H3,(H3,11,12,13,14,15). The summed E-state index contributed by atoms with van der Waals surface area (Å²) in [6.45, 7) is 4.52. The highest BCUT2D eigenvalue weighted by molar-refractivity contribution is 5.40. The molecule has 0 amide bonds. The summed E-state index contributed by atoms with van der Waals surface area (Å²) in [5.41, 5.74) is 5.32. The quantitative estimate of drug-likeness (QED) is 0.767. The molecule has 96 valence electrons. The number of rotatable bonds is 5. The van der Waals surface area contributed by atoms with Gasteiger partial charge in [-0.25, -0.2) is 0 Å². The summed E-state index contributed by atoms with van der Waals surface area (Å²) in [4.78, 5) is 14.0. The van der Waals surface area contributed by atoms with Crippen molar-refractivity contribution >= 4 is 17.8 Å². The van der Waals surface area contributed by atoms with Crippen LogP contribution in [0.3, 0.4) is 0 Å². The van der Waals surface area contributed by atoms with E-state index in [9.17, 15) is 0 Å². The van der Waals surface area contributed by atoms with Gasteiger partial charge >= 0.3 is 0 Å². The largest absolute Gasteiger partial charge is 0.377 e. The van der Waals surface area contributed by atoms with E-state index in [0.29, 0.717) is 18.4 Å². The Morgan fingerprint density at radius 2 is 1.94 bits per heavy atom. The Bertz CT molecular complexity index is 379. The molecule has 0 aliphatic rings. The second-order valence-electron chi connectivity index (χ2n) is 4.53. The van der Waals surface area contributed by atoms with Crippen molar-refractivity contribution in [3.63, 3.8) is 0 Å². The molecule has 0 saturated carbocycles. The van der Waals surface area contributed by atoms with E-state index in [4.69, 9.17) is 10.5 Å². The predicted molar refractivity (Wildman–Crippen MR) is 68.1 cm³/mol. The molecule has 7 nitrogen and oxygen atoms in total.